The maximum atomic E-state index is 12.1. The number of H-pyrrole nitrogens is 1. The van der Waals surface area contributed by atoms with Gasteiger partial charge >= 0.3 is 5.97 Å². The van der Waals surface area contributed by atoms with Crippen LogP contribution in [0.5, 0.6) is 5.75 Å². The summed E-state index contributed by atoms with van der Waals surface area (Å²) in [4.78, 5) is 39.0. The average molecular weight is 409 g/mol. The number of hydrogen-bond acceptors (Lipinski definition) is 5. The van der Waals surface area contributed by atoms with E-state index in [-0.39, 0.29) is 6.54 Å². The number of rotatable bonds is 9. The van der Waals surface area contributed by atoms with Gasteiger partial charge in [0.15, 0.2) is 6.61 Å². The Kier molecular flexibility index (Phi) is 7.05. The van der Waals surface area contributed by atoms with Gasteiger partial charge in [0, 0.05) is 23.6 Å². The van der Waals surface area contributed by atoms with E-state index in [1.807, 2.05) is 30.5 Å². The Morgan fingerprint density at radius 3 is 2.60 bits per heavy atom. The van der Waals surface area contributed by atoms with Crippen LogP contribution in [0.15, 0.2) is 54.7 Å². The Balaban J connectivity index is 1.36. The van der Waals surface area contributed by atoms with Crippen LogP contribution < -0.4 is 15.4 Å². The van der Waals surface area contributed by atoms with Crippen LogP contribution in [0.4, 0.5) is 0 Å². The molecule has 0 saturated carbocycles. The number of methoxy groups -OCH3 is 1. The topological polar surface area (TPSA) is 110 Å². The summed E-state index contributed by atoms with van der Waals surface area (Å²) in [5.74, 6) is -1.17. The van der Waals surface area contributed by atoms with Gasteiger partial charge in [0.25, 0.3) is 11.8 Å². The number of esters is 1. The minimum absolute atomic E-state index is 0.308. The lowest BCUT2D eigenvalue weighted by Crippen LogP contribution is -2.34. The summed E-state index contributed by atoms with van der Waals surface area (Å²) in [6, 6.07) is 14.6. The fourth-order valence-electron chi connectivity index (χ4n) is 3.00. The van der Waals surface area contributed by atoms with Crippen LogP contribution in [0.25, 0.3) is 10.9 Å². The van der Waals surface area contributed by atoms with Crippen molar-refractivity contribution in [3.8, 4) is 5.75 Å². The highest BCUT2D eigenvalue weighted by Crippen LogP contribution is 2.18. The number of ether oxygens (including phenoxy) is 2. The maximum Gasteiger partial charge on any atom is 0.325 e. The van der Waals surface area contributed by atoms with E-state index in [2.05, 4.69) is 15.6 Å². The molecule has 0 atom stereocenters. The highest BCUT2D eigenvalue weighted by atomic mass is 16.5. The van der Waals surface area contributed by atoms with Crippen molar-refractivity contribution in [1.82, 2.24) is 15.6 Å². The van der Waals surface area contributed by atoms with Gasteiger partial charge in [0.1, 0.15) is 12.3 Å². The molecule has 30 heavy (non-hydrogen) atoms. The molecule has 0 aliphatic rings. The van der Waals surface area contributed by atoms with Gasteiger partial charge in [-0.1, -0.05) is 30.3 Å². The molecule has 2 aromatic carbocycles. The molecule has 0 aliphatic heterocycles. The number of aromatic amines is 1. The van der Waals surface area contributed by atoms with Crippen LogP contribution in [0.3, 0.4) is 0 Å². The molecule has 8 heteroatoms. The Morgan fingerprint density at radius 1 is 1.00 bits per heavy atom. The van der Waals surface area contributed by atoms with Crippen molar-refractivity contribution in [3.63, 3.8) is 0 Å². The Labute approximate surface area is 173 Å². The van der Waals surface area contributed by atoms with Gasteiger partial charge in [-0.3, -0.25) is 14.4 Å². The van der Waals surface area contributed by atoms with Crippen LogP contribution in [0, 0.1) is 0 Å². The second kappa shape index (κ2) is 10.1. The van der Waals surface area contributed by atoms with Gasteiger partial charge in [-0.2, -0.15) is 0 Å². The third kappa shape index (κ3) is 5.38. The summed E-state index contributed by atoms with van der Waals surface area (Å²) in [7, 11) is 1.46. The van der Waals surface area contributed by atoms with Crippen molar-refractivity contribution in [3.05, 3.63) is 65.9 Å². The van der Waals surface area contributed by atoms with E-state index in [0.29, 0.717) is 24.3 Å². The van der Waals surface area contributed by atoms with Crippen LogP contribution in [-0.4, -0.2) is 49.6 Å². The van der Waals surface area contributed by atoms with E-state index in [1.54, 1.807) is 24.3 Å². The summed E-state index contributed by atoms with van der Waals surface area (Å²) in [5, 5.41) is 6.27. The Hall–Kier alpha value is -3.81. The van der Waals surface area contributed by atoms with E-state index < -0.39 is 24.4 Å². The predicted octanol–water partition coefficient (Wildman–Crippen LogP) is 1.81. The molecule has 0 radical (unpaired) electrons. The fraction of sp³-hybridized carbons (Fsp3) is 0.227. The summed E-state index contributed by atoms with van der Waals surface area (Å²) in [5.41, 5.74) is 2.45. The highest BCUT2D eigenvalue weighted by Gasteiger charge is 2.14. The molecule has 0 saturated heterocycles. The first-order valence-corrected chi connectivity index (χ1v) is 9.47. The number of para-hydroxylation sites is 2. The first-order chi connectivity index (χ1) is 14.6. The molecule has 0 fully saturated rings. The third-order valence-electron chi connectivity index (χ3n) is 4.50. The quantitative estimate of drug-likeness (QED) is 0.467. The zero-order valence-electron chi connectivity index (χ0n) is 16.6. The molecule has 1 aromatic heterocycles. The molecule has 3 aromatic rings. The number of carbonyl (C=O) groups is 3. The monoisotopic (exact) mass is 409 g/mol. The molecule has 0 spiro atoms. The molecule has 0 unspecified atom stereocenters. The highest BCUT2D eigenvalue weighted by molar-refractivity contribution is 5.98. The number of fused-ring (bicyclic) bond motifs is 1. The van der Waals surface area contributed by atoms with Gasteiger partial charge in [0.2, 0.25) is 0 Å². The van der Waals surface area contributed by atoms with Crippen molar-refractivity contribution >= 4 is 28.7 Å². The largest absolute Gasteiger partial charge is 0.496 e. The Morgan fingerprint density at radius 2 is 1.77 bits per heavy atom. The van der Waals surface area contributed by atoms with Crippen LogP contribution in [-0.2, 0) is 20.7 Å². The van der Waals surface area contributed by atoms with Gasteiger partial charge in [-0.05, 0) is 30.2 Å². The second-order valence-electron chi connectivity index (χ2n) is 6.50. The van der Waals surface area contributed by atoms with Crippen molar-refractivity contribution in [1.29, 1.82) is 0 Å². The van der Waals surface area contributed by atoms with E-state index in [1.165, 1.54) is 7.11 Å². The van der Waals surface area contributed by atoms with Crippen LogP contribution in [0.2, 0.25) is 0 Å². The summed E-state index contributed by atoms with van der Waals surface area (Å²) >= 11 is 0. The second-order valence-corrected chi connectivity index (χ2v) is 6.50. The number of hydrogen-bond donors (Lipinski definition) is 3. The normalized spacial score (nSPS) is 10.4. The average Bonchev–Trinajstić information content (AvgIpc) is 3.19. The molecule has 2 amide bonds. The minimum atomic E-state index is -0.704. The van der Waals surface area contributed by atoms with E-state index >= 15 is 0 Å². The summed E-state index contributed by atoms with van der Waals surface area (Å²) in [6.07, 6.45) is 2.57. The molecule has 0 aliphatic carbocycles. The lowest BCUT2D eigenvalue weighted by Gasteiger charge is -2.09. The molecule has 8 nitrogen and oxygen atoms in total. The van der Waals surface area contributed by atoms with Crippen molar-refractivity contribution in [2.24, 2.45) is 0 Å². The van der Waals surface area contributed by atoms with Crippen molar-refractivity contribution < 1.29 is 23.9 Å². The molecule has 0 bridgehead atoms. The molecule has 1 heterocycles. The Bertz CT molecular complexity index is 1040. The van der Waals surface area contributed by atoms with E-state index in [4.69, 9.17) is 9.47 Å². The SMILES string of the molecule is COc1ccccc1C(=O)NCC(=O)OCC(=O)NCCc1c[nH]c2ccccc12. The first-order valence-electron chi connectivity index (χ1n) is 9.47. The van der Waals surface area contributed by atoms with Gasteiger partial charge in [-0.25, -0.2) is 0 Å². The minimum Gasteiger partial charge on any atom is -0.496 e. The predicted molar refractivity (Wildman–Crippen MR) is 111 cm³/mol. The number of carbonyl (C=O) groups excluding carboxylic acids is 3. The number of amides is 2. The molecular formula is C22H23N3O5. The lowest BCUT2D eigenvalue weighted by atomic mass is 10.1. The number of benzene rings is 2. The molecule has 3 N–H and O–H groups in total. The fourth-order valence-corrected chi connectivity index (χ4v) is 3.00. The lowest BCUT2D eigenvalue weighted by molar-refractivity contribution is -0.147. The number of aromatic nitrogens is 1. The van der Waals surface area contributed by atoms with Crippen molar-refractivity contribution in [2.45, 2.75) is 6.42 Å². The maximum absolute atomic E-state index is 12.1. The summed E-state index contributed by atoms with van der Waals surface area (Å²) < 4.78 is 10.0. The molecular weight excluding hydrogens is 386 g/mol. The van der Waals surface area contributed by atoms with Gasteiger partial charge in [-0.15, -0.1) is 0 Å². The molecule has 3 rings (SSSR count). The first kappa shape index (κ1) is 20.9. The smallest absolute Gasteiger partial charge is 0.325 e. The van der Waals surface area contributed by atoms with Gasteiger partial charge < -0.3 is 25.1 Å². The number of nitrogens with one attached hydrogen (secondary N) is 3. The van der Waals surface area contributed by atoms with E-state index in [9.17, 15) is 14.4 Å². The van der Waals surface area contributed by atoms with Crippen molar-refractivity contribution in [2.75, 3.05) is 26.8 Å². The van der Waals surface area contributed by atoms with Crippen LogP contribution in [0.1, 0.15) is 15.9 Å². The van der Waals surface area contributed by atoms with E-state index in [0.717, 1.165) is 16.5 Å². The summed E-state index contributed by atoms with van der Waals surface area (Å²) in [6.45, 7) is -0.334. The van der Waals surface area contributed by atoms with Gasteiger partial charge in [0.05, 0.1) is 12.7 Å². The zero-order valence-corrected chi connectivity index (χ0v) is 16.6. The molecule has 156 valence electrons. The zero-order chi connectivity index (χ0) is 21.3. The standard InChI is InChI=1S/C22H23N3O5/c1-29-19-9-5-3-7-17(19)22(28)25-13-21(27)30-14-20(26)23-11-10-15-12-24-18-8-4-2-6-16(15)18/h2-9,12,24H,10-11,13-14H2,1H3,(H,23,26)(H,25,28). The third-order valence-corrected chi connectivity index (χ3v) is 4.50. The van der Waals surface area contributed by atoms with Crippen LogP contribution >= 0.6 is 0 Å².